The molecule has 18 heavy (non-hydrogen) atoms. The number of nitrogens with one attached hydrogen (secondary N) is 1. The number of carbonyl (C=O) groups is 1. The molecule has 2 rings (SSSR count). The van der Waals surface area contributed by atoms with Crippen LogP contribution in [-0.4, -0.2) is 12.5 Å². The van der Waals surface area contributed by atoms with E-state index < -0.39 is 0 Å². The van der Waals surface area contributed by atoms with Crippen molar-refractivity contribution in [3.05, 3.63) is 36.0 Å². The number of fused-ring (bicyclic) bond motifs is 1. The maximum absolute atomic E-state index is 11.3. The van der Waals surface area contributed by atoms with Crippen LogP contribution in [0.5, 0.6) is 0 Å². The molecule has 1 N–H and O–H groups in total. The van der Waals surface area contributed by atoms with Gasteiger partial charge in [0, 0.05) is 13.0 Å². The van der Waals surface area contributed by atoms with E-state index in [0.29, 0.717) is 13.0 Å². The zero-order valence-electron chi connectivity index (χ0n) is 11.1. The van der Waals surface area contributed by atoms with Gasteiger partial charge in [-0.15, -0.1) is 5.52 Å². The minimum absolute atomic E-state index is 0. The maximum Gasteiger partial charge on any atom is 1.00 e. The predicted molar refractivity (Wildman–Crippen MR) is 68.9 cm³/mol. The van der Waals surface area contributed by atoms with Gasteiger partial charge >= 0.3 is 18.9 Å². The molecule has 0 fully saturated rings. The van der Waals surface area contributed by atoms with Crippen LogP contribution in [0.25, 0.3) is 10.9 Å². The van der Waals surface area contributed by atoms with E-state index in [0.717, 1.165) is 18.4 Å². The molecule has 0 bridgehead atoms. The zero-order chi connectivity index (χ0) is 12.1. The quantitative estimate of drug-likeness (QED) is 0.695. The third-order valence-electron chi connectivity index (χ3n) is 2.80. The van der Waals surface area contributed by atoms with Gasteiger partial charge in [-0.1, -0.05) is 36.8 Å². The van der Waals surface area contributed by atoms with Crippen molar-refractivity contribution in [2.75, 3.05) is 6.54 Å². The summed E-state index contributed by atoms with van der Waals surface area (Å²) < 4.78 is 0. The summed E-state index contributed by atoms with van der Waals surface area (Å²) in [6.45, 7) is 2.70. The van der Waals surface area contributed by atoms with E-state index in [-0.39, 0.29) is 24.8 Å². The Bertz CT molecular complexity index is 507. The van der Waals surface area contributed by atoms with Crippen LogP contribution < -0.4 is 29.2 Å². The zero-order valence-corrected chi connectivity index (χ0v) is 11.1. The Balaban J connectivity index is 0.00000162. The van der Waals surface area contributed by atoms with Crippen LogP contribution in [0.2, 0.25) is 0 Å². The molecule has 0 saturated heterocycles. The number of aromatic nitrogens is 1. The summed E-state index contributed by atoms with van der Waals surface area (Å²) in [6, 6.07) is 8.09. The summed E-state index contributed by atoms with van der Waals surface area (Å²) in [5, 5.41) is 4.11. The van der Waals surface area contributed by atoms with Gasteiger partial charge in [-0.25, -0.2) is 0 Å². The maximum atomic E-state index is 11.3. The molecule has 0 aliphatic heterocycles. The van der Waals surface area contributed by atoms with Crippen molar-refractivity contribution in [3.63, 3.8) is 0 Å². The Morgan fingerprint density at radius 3 is 2.89 bits per heavy atom. The van der Waals surface area contributed by atoms with Gasteiger partial charge < -0.3 is 10.3 Å². The average Bonchev–Trinajstić information content (AvgIpc) is 2.73. The van der Waals surface area contributed by atoms with E-state index in [2.05, 4.69) is 16.4 Å². The largest absolute Gasteiger partial charge is 1.00 e. The fourth-order valence-electron chi connectivity index (χ4n) is 1.93. The van der Waals surface area contributed by atoms with E-state index in [1.807, 2.05) is 31.3 Å². The number of benzene rings is 1. The topological polar surface area (TPSA) is 43.2 Å². The van der Waals surface area contributed by atoms with Crippen molar-refractivity contribution in [2.45, 2.75) is 26.2 Å². The van der Waals surface area contributed by atoms with Gasteiger partial charge in [-0.2, -0.15) is 6.20 Å². The number of hydrogen-bond donors (Lipinski definition) is 1. The second kappa shape index (κ2) is 7.30. The number of amides is 1. The van der Waals surface area contributed by atoms with Gasteiger partial charge in [0.15, 0.2) is 0 Å². The molecule has 90 valence electrons. The molecule has 0 aliphatic rings. The normalized spacial score (nSPS) is 10.1. The molecule has 0 radical (unpaired) electrons. The summed E-state index contributed by atoms with van der Waals surface area (Å²) in [5.41, 5.74) is 2.24. The van der Waals surface area contributed by atoms with Crippen molar-refractivity contribution in [1.82, 2.24) is 10.3 Å². The van der Waals surface area contributed by atoms with Crippen molar-refractivity contribution in [1.29, 1.82) is 0 Å². The van der Waals surface area contributed by atoms with Gasteiger partial charge in [-0.05, 0) is 18.2 Å². The van der Waals surface area contributed by atoms with Crippen molar-refractivity contribution < 1.29 is 23.7 Å². The van der Waals surface area contributed by atoms with E-state index in [1.165, 1.54) is 10.9 Å². The number of rotatable bonds is 5. The molecule has 0 saturated carbocycles. The third kappa shape index (κ3) is 3.66. The Morgan fingerprint density at radius 2 is 2.11 bits per heavy atom. The van der Waals surface area contributed by atoms with Crippen LogP contribution in [0, 0.1) is 0 Å². The molecule has 3 nitrogen and oxygen atoms in total. The molecule has 0 atom stereocenters. The number of nitrogens with zero attached hydrogens (tertiary/aromatic N) is 1. The molecular weight excluding hydrogens is 219 g/mol. The van der Waals surface area contributed by atoms with Gasteiger partial charge in [0.2, 0.25) is 5.91 Å². The summed E-state index contributed by atoms with van der Waals surface area (Å²) in [6.07, 6.45) is 4.25. The first kappa shape index (κ1) is 14.9. The monoisotopic (exact) mass is 236 g/mol. The Kier molecular flexibility index (Phi) is 6.04. The second-order valence-electron chi connectivity index (χ2n) is 4.15. The first-order valence-electron chi connectivity index (χ1n) is 6.07. The summed E-state index contributed by atoms with van der Waals surface area (Å²) in [4.78, 5) is 15.6. The van der Waals surface area contributed by atoms with Gasteiger partial charge in [0.25, 0.3) is 0 Å². The Morgan fingerprint density at radius 1 is 1.33 bits per heavy atom. The molecule has 0 aliphatic carbocycles. The molecule has 0 unspecified atom stereocenters. The molecule has 1 heterocycles. The molecule has 1 aromatic heterocycles. The van der Waals surface area contributed by atoms with E-state index in [9.17, 15) is 4.79 Å². The number of para-hydroxylation sites is 1. The van der Waals surface area contributed by atoms with E-state index in [4.69, 9.17) is 0 Å². The minimum Gasteiger partial charge on any atom is -0.663 e. The molecule has 2 aromatic rings. The van der Waals surface area contributed by atoms with Gasteiger partial charge in [0.1, 0.15) is 0 Å². The molecule has 1 amide bonds. The van der Waals surface area contributed by atoms with Crippen LogP contribution in [0.3, 0.4) is 0 Å². The summed E-state index contributed by atoms with van der Waals surface area (Å²) >= 11 is 0. The van der Waals surface area contributed by atoms with Crippen LogP contribution >= 0.6 is 0 Å². The van der Waals surface area contributed by atoms with Crippen LogP contribution in [0.15, 0.2) is 30.5 Å². The second-order valence-corrected chi connectivity index (χ2v) is 4.15. The first-order valence-corrected chi connectivity index (χ1v) is 6.07. The SMILES string of the molecule is CCCC(=O)NCCc1c[n-]c2ccccc12.[Li+]. The molecular formula is C14H17LiN2O. The molecule has 1 aromatic carbocycles. The van der Waals surface area contributed by atoms with Crippen molar-refractivity contribution in [2.24, 2.45) is 0 Å². The fourth-order valence-corrected chi connectivity index (χ4v) is 1.93. The van der Waals surface area contributed by atoms with Crippen LogP contribution in [0.4, 0.5) is 0 Å². The van der Waals surface area contributed by atoms with Crippen molar-refractivity contribution >= 4 is 16.8 Å². The third-order valence-corrected chi connectivity index (χ3v) is 2.80. The average molecular weight is 236 g/mol. The van der Waals surface area contributed by atoms with Gasteiger partial charge in [0.05, 0.1) is 0 Å². The Hall–Kier alpha value is -1.17. The van der Waals surface area contributed by atoms with E-state index in [1.54, 1.807) is 0 Å². The molecule has 4 heteroatoms. The smallest absolute Gasteiger partial charge is 0.663 e. The van der Waals surface area contributed by atoms with Crippen molar-refractivity contribution in [3.8, 4) is 0 Å². The number of carbonyl (C=O) groups excluding carboxylic acids is 1. The fraction of sp³-hybridized carbons (Fsp3) is 0.357. The summed E-state index contributed by atoms with van der Waals surface area (Å²) in [7, 11) is 0. The molecule has 0 spiro atoms. The predicted octanol–water partition coefficient (Wildman–Crippen LogP) is -0.740. The summed E-state index contributed by atoms with van der Waals surface area (Å²) in [5.74, 6) is 0.135. The van der Waals surface area contributed by atoms with Crippen LogP contribution in [0.1, 0.15) is 25.3 Å². The van der Waals surface area contributed by atoms with Crippen LogP contribution in [-0.2, 0) is 11.2 Å². The van der Waals surface area contributed by atoms with E-state index >= 15 is 0 Å². The Labute approximate surface area is 120 Å². The minimum atomic E-state index is 0. The van der Waals surface area contributed by atoms with Gasteiger partial charge in [-0.3, -0.25) is 4.79 Å². The first-order chi connectivity index (χ1) is 8.31. The standard InChI is InChI=1S/C14H17N2O.Li/c1-2-5-14(17)15-9-8-11-10-16-13-7-4-3-6-12(11)13;/h3-4,6-7,10H,2,5,8-9H2,1H3,(H,15,17);/q-1;+1. The number of hydrogen-bond acceptors (Lipinski definition) is 1.